The summed E-state index contributed by atoms with van der Waals surface area (Å²) in [4.78, 5) is 12.5. The topological polar surface area (TPSA) is 47.6 Å². The van der Waals surface area contributed by atoms with E-state index in [1.54, 1.807) is 14.2 Å². The molecule has 4 nitrogen and oxygen atoms in total. The van der Waals surface area contributed by atoms with Gasteiger partial charge < -0.3 is 14.8 Å². The number of rotatable bonds is 6. The van der Waals surface area contributed by atoms with Gasteiger partial charge in [-0.3, -0.25) is 4.79 Å². The predicted octanol–water partition coefficient (Wildman–Crippen LogP) is 3.71. The molecule has 0 bridgehead atoms. The van der Waals surface area contributed by atoms with E-state index in [0.717, 1.165) is 24.0 Å². The molecule has 5 heteroatoms. The van der Waals surface area contributed by atoms with Gasteiger partial charge in [0, 0.05) is 5.02 Å². The van der Waals surface area contributed by atoms with Crippen molar-refractivity contribution in [2.24, 2.45) is 0 Å². The van der Waals surface area contributed by atoms with E-state index in [2.05, 4.69) is 5.32 Å². The van der Waals surface area contributed by atoms with E-state index in [0.29, 0.717) is 22.9 Å². The van der Waals surface area contributed by atoms with Gasteiger partial charge in [0.25, 0.3) is 0 Å². The number of amides is 1. The minimum absolute atomic E-state index is 0.00494. The second-order valence-corrected chi connectivity index (χ2v) is 6.44. The largest absolute Gasteiger partial charge is 0.493 e. The number of benzene rings is 2. The molecule has 1 amide bonds. The fourth-order valence-corrected chi connectivity index (χ4v) is 2.99. The van der Waals surface area contributed by atoms with Crippen LogP contribution in [-0.2, 0) is 16.8 Å². The average Bonchev–Trinajstić information content (AvgIpc) is 3.35. The number of carbonyl (C=O) groups is 1. The fraction of sp³-hybridized carbons (Fsp3) is 0.316. The SMILES string of the molecule is COc1ccc(CC(=O)NC2(c3ccc(Cl)cc3)CC2)cc1OC. The van der Waals surface area contributed by atoms with E-state index in [1.165, 1.54) is 0 Å². The summed E-state index contributed by atoms with van der Waals surface area (Å²) in [5.41, 5.74) is 1.75. The Labute approximate surface area is 146 Å². The molecular formula is C19H20ClNO3. The van der Waals surface area contributed by atoms with Crippen molar-refractivity contribution in [3.8, 4) is 11.5 Å². The van der Waals surface area contributed by atoms with Gasteiger partial charge in [-0.1, -0.05) is 29.8 Å². The molecule has 24 heavy (non-hydrogen) atoms. The summed E-state index contributed by atoms with van der Waals surface area (Å²) in [5.74, 6) is 1.28. The van der Waals surface area contributed by atoms with Crippen LogP contribution in [0.5, 0.6) is 11.5 Å². The lowest BCUT2D eigenvalue weighted by Gasteiger charge is -2.18. The van der Waals surface area contributed by atoms with Crippen LogP contribution in [0.3, 0.4) is 0 Å². The van der Waals surface area contributed by atoms with Gasteiger partial charge in [0.05, 0.1) is 26.2 Å². The lowest BCUT2D eigenvalue weighted by atomic mass is 10.0. The molecule has 1 N–H and O–H groups in total. The Morgan fingerprint density at radius 1 is 1.08 bits per heavy atom. The van der Waals surface area contributed by atoms with Crippen LogP contribution in [0.4, 0.5) is 0 Å². The minimum atomic E-state index is -0.238. The summed E-state index contributed by atoms with van der Waals surface area (Å²) < 4.78 is 10.5. The molecule has 1 aliphatic carbocycles. The Bertz CT molecular complexity index is 739. The number of methoxy groups -OCH3 is 2. The van der Waals surface area contributed by atoms with Crippen LogP contribution in [0.1, 0.15) is 24.0 Å². The van der Waals surface area contributed by atoms with Crippen LogP contribution in [0, 0.1) is 0 Å². The average molecular weight is 346 g/mol. The summed E-state index contributed by atoms with van der Waals surface area (Å²) in [7, 11) is 3.18. The van der Waals surface area contributed by atoms with Crippen molar-refractivity contribution in [3.63, 3.8) is 0 Å². The third kappa shape index (κ3) is 3.49. The second kappa shape index (κ2) is 6.73. The van der Waals surface area contributed by atoms with Crippen molar-refractivity contribution in [1.82, 2.24) is 5.32 Å². The van der Waals surface area contributed by atoms with Crippen LogP contribution < -0.4 is 14.8 Å². The first-order valence-electron chi connectivity index (χ1n) is 7.84. The zero-order valence-electron chi connectivity index (χ0n) is 13.8. The highest BCUT2D eigenvalue weighted by Gasteiger charge is 2.45. The molecular weight excluding hydrogens is 326 g/mol. The monoisotopic (exact) mass is 345 g/mol. The van der Waals surface area contributed by atoms with Crippen LogP contribution >= 0.6 is 11.6 Å². The van der Waals surface area contributed by atoms with Crippen molar-refractivity contribution in [2.75, 3.05) is 14.2 Å². The van der Waals surface area contributed by atoms with Gasteiger partial charge in [-0.2, -0.15) is 0 Å². The first kappa shape index (κ1) is 16.7. The van der Waals surface area contributed by atoms with E-state index in [-0.39, 0.29) is 11.4 Å². The summed E-state index contributed by atoms with van der Waals surface area (Å²) in [6.07, 6.45) is 2.20. The quantitative estimate of drug-likeness (QED) is 0.868. The first-order valence-corrected chi connectivity index (χ1v) is 8.22. The Kier molecular flexibility index (Phi) is 4.67. The van der Waals surface area contributed by atoms with Crippen molar-refractivity contribution in [2.45, 2.75) is 24.8 Å². The maximum absolute atomic E-state index is 12.5. The third-order valence-electron chi connectivity index (χ3n) is 4.34. The molecule has 1 saturated carbocycles. The first-order chi connectivity index (χ1) is 11.6. The normalized spacial score (nSPS) is 14.8. The summed E-state index contributed by atoms with van der Waals surface area (Å²) in [6, 6.07) is 13.2. The van der Waals surface area contributed by atoms with Crippen LogP contribution in [0.25, 0.3) is 0 Å². The molecule has 0 heterocycles. The predicted molar refractivity (Wildman–Crippen MR) is 93.8 cm³/mol. The van der Waals surface area contributed by atoms with Crippen LogP contribution in [-0.4, -0.2) is 20.1 Å². The Hall–Kier alpha value is -2.20. The smallest absolute Gasteiger partial charge is 0.225 e. The van der Waals surface area contributed by atoms with Crippen molar-refractivity contribution in [1.29, 1.82) is 0 Å². The molecule has 0 aliphatic heterocycles. The third-order valence-corrected chi connectivity index (χ3v) is 4.59. The molecule has 126 valence electrons. The molecule has 2 aromatic carbocycles. The van der Waals surface area contributed by atoms with E-state index >= 15 is 0 Å². The fourth-order valence-electron chi connectivity index (χ4n) is 2.87. The van der Waals surface area contributed by atoms with E-state index in [4.69, 9.17) is 21.1 Å². The number of halogens is 1. The maximum atomic E-state index is 12.5. The highest BCUT2D eigenvalue weighted by Crippen LogP contribution is 2.45. The molecule has 0 aromatic heterocycles. The molecule has 0 spiro atoms. The number of carbonyl (C=O) groups excluding carboxylic acids is 1. The van der Waals surface area contributed by atoms with Gasteiger partial charge in [-0.15, -0.1) is 0 Å². The summed E-state index contributed by atoms with van der Waals surface area (Å²) in [5, 5.41) is 3.86. The lowest BCUT2D eigenvalue weighted by molar-refractivity contribution is -0.121. The Balaban J connectivity index is 1.69. The van der Waals surface area contributed by atoms with Crippen molar-refractivity contribution < 1.29 is 14.3 Å². The van der Waals surface area contributed by atoms with E-state index < -0.39 is 0 Å². The molecule has 0 radical (unpaired) electrons. The van der Waals surface area contributed by atoms with Gasteiger partial charge in [0.1, 0.15) is 0 Å². The van der Waals surface area contributed by atoms with Gasteiger partial charge in [-0.25, -0.2) is 0 Å². The van der Waals surface area contributed by atoms with E-state index in [9.17, 15) is 4.79 Å². The zero-order valence-corrected chi connectivity index (χ0v) is 14.5. The number of hydrogen-bond acceptors (Lipinski definition) is 3. The molecule has 0 unspecified atom stereocenters. The zero-order chi connectivity index (χ0) is 17.2. The van der Waals surface area contributed by atoms with Crippen molar-refractivity contribution in [3.05, 3.63) is 58.6 Å². The maximum Gasteiger partial charge on any atom is 0.225 e. The molecule has 0 saturated heterocycles. The Morgan fingerprint density at radius 2 is 1.75 bits per heavy atom. The summed E-state index contributed by atoms with van der Waals surface area (Å²) in [6.45, 7) is 0. The standard InChI is InChI=1S/C19H20ClNO3/c1-23-16-8-3-13(11-17(16)24-2)12-18(22)21-19(9-10-19)14-4-6-15(20)7-5-14/h3-8,11H,9-10,12H2,1-2H3,(H,21,22). The molecule has 3 rings (SSSR count). The molecule has 2 aromatic rings. The molecule has 1 fully saturated rings. The van der Waals surface area contributed by atoms with Crippen molar-refractivity contribution >= 4 is 17.5 Å². The number of ether oxygens (including phenoxy) is 2. The number of nitrogens with one attached hydrogen (secondary N) is 1. The second-order valence-electron chi connectivity index (χ2n) is 6.00. The molecule has 0 atom stereocenters. The van der Waals surface area contributed by atoms with E-state index in [1.807, 2.05) is 42.5 Å². The highest BCUT2D eigenvalue weighted by molar-refractivity contribution is 6.30. The van der Waals surface area contributed by atoms with Crippen LogP contribution in [0.15, 0.2) is 42.5 Å². The Morgan fingerprint density at radius 3 is 2.33 bits per heavy atom. The lowest BCUT2D eigenvalue weighted by Crippen LogP contribution is -2.35. The van der Waals surface area contributed by atoms with Gasteiger partial charge in [0.15, 0.2) is 11.5 Å². The highest BCUT2D eigenvalue weighted by atomic mass is 35.5. The number of hydrogen-bond donors (Lipinski definition) is 1. The van der Waals surface area contributed by atoms with Gasteiger partial charge >= 0.3 is 0 Å². The van der Waals surface area contributed by atoms with Gasteiger partial charge in [-0.05, 0) is 48.2 Å². The molecule has 1 aliphatic rings. The minimum Gasteiger partial charge on any atom is -0.493 e. The summed E-state index contributed by atoms with van der Waals surface area (Å²) >= 11 is 5.94. The van der Waals surface area contributed by atoms with Crippen LogP contribution in [0.2, 0.25) is 5.02 Å². The van der Waals surface area contributed by atoms with Gasteiger partial charge in [0.2, 0.25) is 5.91 Å².